The Labute approximate surface area is 205 Å². The number of Topliss-reactive ketones (excluding diaryl/α,β-unsaturated/α-hetero) is 1. The van der Waals surface area contributed by atoms with Crippen molar-refractivity contribution in [3.05, 3.63) is 56.9 Å². The largest absolute Gasteiger partial charge is 0.454 e. The third-order valence-electron chi connectivity index (χ3n) is 7.15. The lowest BCUT2D eigenvalue weighted by atomic mass is 9.98. The van der Waals surface area contributed by atoms with Crippen molar-refractivity contribution in [3.8, 4) is 0 Å². The van der Waals surface area contributed by atoms with Crippen molar-refractivity contribution in [3.63, 3.8) is 0 Å². The summed E-state index contributed by atoms with van der Waals surface area (Å²) in [5.74, 6) is -0.468. The number of benzene rings is 1. The predicted octanol–water partition coefficient (Wildman–Crippen LogP) is 4.47. The lowest BCUT2D eigenvalue weighted by molar-refractivity contribution is -0.384. The number of nitro groups is 1. The lowest BCUT2D eigenvalue weighted by Gasteiger charge is -2.31. The molecule has 1 atom stereocenters. The van der Waals surface area contributed by atoms with Crippen molar-refractivity contribution >= 4 is 23.1 Å². The number of nitrogens with zero attached hydrogens (tertiary/aromatic N) is 3. The van der Waals surface area contributed by atoms with Gasteiger partial charge in [-0.25, -0.2) is 4.79 Å². The second-order valence-electron chi connectivity index (χ2n) is 9.66. The topological polar surface area (TPSA) is 104 Å². The van der Waals surface area contributed by atoms with Gasteiger partial charge in [-0.1, -0.05) is 6.92 Å². The summed E-state index contributed by atoms with van der Waals surface area (Å²) in [6.07, 6.45) is 4.13. The number of anilines is 1. The van der Waals surface area contributed by atoms with Gasteiger partial charge in [0.25, 0.3) is 5.69 Å². The highest BCUT2D eigenvalue weighted by Crippen LogP contribution is 2.32. The summed E-state index contributed by atoms with van der Waals surface area (Å²) >= 11 is 0. The summed E-state index contributed by atoms with van der Waals surface area (Å²) in [6, 6.07) is 6.18. The van der Waals surface area contributed by atoms with E-state index in [-0.39, 0.29) is 23.1 Å². The molecule has 0 spiro atoms. The minimum atomic E-state index is -0.756. The quantitative estimate of drug-likeness (QED) is 0.236. The van der Waals surface area contributed by atoms with Gasteiger partial charge in [0.15, 0.2) is 6.61 Å². The molecule has 0 bridgehead atoms. The smallest absolute Gasteiger partial charge is 0.338 e. The molecule has 2 saturated heterocycles. The van der Waals surface area contributed by atoms with Crippen molar-refractivity contribution in [1.82, 2.24) is 4.57 Å². The van der Waals surface area contributed by atoms with Crippen LogP contribution in [0.4, 0.5) is 11.4 Å². The number of rotatable bonds is 8. The van der Waals surface area contributed by atoms with E-state index in [1.165, 1.54) is 12.1 Å². The molecule has 0 aliphatic carbocycles. The molecule has 0 radical (unpaired) electrons. The van der Waals surface area contributed by atoms with E-state index in [2.05, 4.69) is 11.5 Å². The van der Waals surface area contributed by atoms with E-state index in [4.69, 9.17) is 9.47 Å². The number of piperidine rings is 1. The zero-order valence-corrected chi connectivity index (χ0v) is 20.6. The SMILES string of the molecule is Cc1cc(C(=O)COC(=O)c2ccc(N3CCC(C)CC3)c([N+](=O)[O-])c2)c(C)n1CC1CCCO1. The molecule has 2 aliphatic rings. The molecule has 9 nitrogen and oxygen atoms in total. The van der Waals surface area contributed by atoms with Gasteiger partial charge in [0.05, 0.1) is 16.6 Å². The van der Waals surface area contributed by atoms with Crippen molar-refractivity contribution < 1.29 is 24.0 Å². The molecule has 1 aromatic heterocycles. The monoisotopic (exact) mass is 483 g/mol. The van der Waals surface area contributed by atoms with E-state index in [9.17, 15) is 19.7 Å². The molecular weight excluding hydrogens is 450 g/mol. The second-order valence-corrected chi connectivity index (χ2v) is 9.66. The van der Waals surface area contributed by atoms with Crippen LogP contribution in [0.15, 0.2) is 24.3 Å². The maximum Gasteiger partial charge on any atom is 0.338 e. The average molecular weight is 484 g/mol. The first-order valence-corrected chi connectivity index (χ1v) is 12.3. The summed E-state index contributed by atoms with van der Waals surface area (Å²) in [5.41, 5.74) is 2.71. The zero-order chi connectivity index (χ0) is 25.1. The molecule has 1 unspecified atom stereocenters. The number of aryl methyl sites for hydroxylation is 1. The van der Waals surface area contributed by atoms with Gasteiger partial charge in [-0.3, -0.25) is 14.9 Å². The number of hydrogen-bond acceptors (Lipinski definition) is 7. The average Bonchev–Trinajstić information content (AvgIpc) is 3.46. The molecule has 0 amide bonds. The molecule has 9 heteroatoms. The summed E-state index contributed by atoms with van der Waals surface area (Å²) in [5, 5.41) is 11.7. The van der Waals surface area contributed by atoms with Crippen LogP contribution in [0.5, 0.6) is 0 Å². The van der Waals surface area contributed by atoms with Crippen molar-refractivity contribution in [2.45, 2.75) is 59.1 Å². The zero-order valence-electron chi connectivity index (χ0n) is 20.6. The van der Waals surface area contributed by atoms with Crippen LogP contribution in [-0.2, 0) is 16.0 Å². The molecular formula is C26H33N3O6. The standard InChI is InChI=1S/C26H33N3O6/c1-17-8-10-27(11-9-17)23-7-6-20(14-24(23)29(32)33)26(31)35-16-25(30)22-13-18(2)28(19(22)3)15-21-5-4-12-34-21/h6-7,13-14,17,21H,4-5,8-12,15-16H2,1-3H3. The third kappa shape index (κ3) is 5.56. The van der Waals surface area contributed by atoms with E-state index in [1.807, 2.05) is 18.7 Å². The number of hydrogen-bond donors (Lipinski definition) is 0. The molecule has 0 saturated carbocycles. The Morgan fingerprint density at radius 2 is 1.91 bits per heavy atom. The maximum absolute atomic E-state index is 12.8. The van der Waals surface area contributed by atoms with E-state index < -0.39 is 17.5 Å². The minimum absolute atomic E-state index is 0.0579. The Morgan fingerprint density at radius 1 is 1.17 bits per heavy atom. The van der Waals surface area contributed by atoms with Crippen molar-refractivity contribution in [1.29, 1.82) is 0 Å². The van der Waals surface area contributed by atoms with Crippen LogP contribution in [0.3, 0.4) is 0 Å². The number of carbonyl (C=O) groups is 2. The lowest BCUT2D eigenvalue weighted by Crippen LogP contribution is -2.33. The fourth-order valence-corrected chi connectivity index (χ4v) is 4.96. The normalized spacial score (nSPS) is 18.6. The number of aromatic nitrogens is 1. The molecule has 4 rings (SSSR count). The Morgan fingerprint density at radius 3 is 2.57 bits per heavy atom. The Bertz CT molecular complexity index is 1110. The van der Waals surface area contributed by atoms with E-state index >= 15 is 0 Å². The number of esters is 1. The molecule has 0 N–H and O–H groups in total. The fraction of sp³-hybridized carbons (Fsp3) is 0.538. The Balaban J connectivity index is 1.42. The maximum atomic E-state index is 12.8. The third-order valence-corrected chi connectivity index (χ3v) is 7.15. The highest BCUT2D eigenvalue weighted by Gasteiger charge is 2.26. The Kier molecular flexibility index (Phi) is 7.54. The van der Waals surface area contributed by atoms with Crippen LogP contribution in [0.1, 0.15) is 64.7 Å². The first kappa shape index (κ1) is 24.9. The molecule has 2 fully saturated rings. The molecule has 1 aromatic carbocycles. The van der Waals surface area contributed by atoms with E-state index in [0.717, 1.165) is 56.8 Å². The molecule has 188 valence electrons. The van der Waals surface area contributed by atoms with Crippen LogP contribution in [0, 0.1) is 29.9 Å². The van der Waals surface area contributed by atoms with Crippen LogP contribution >= 0.6 is 0 Å². The van der Waals surface area contributed by atoms with Crippen LogP contribution < -0.4 is 4.90 Å². The Hall–Kier alpha value is -3.20. The fourth-order valence-electron chi connectivity index (χ4n) is 4.96. The highest BCUT2D eigenvalue weighted by molar-refractivity contribution is 6.00. The van der Waals surface area contributed by atoms with Gasteiger partial charge >= 0.3 is 5.97 Å². The van der Waals surface area contributed by atoms with E-state index in [1.54, 1.807) is 12.1 Å². The summed E-state index contributed by atoms with van der Waals surface area (Å²) < 4.78 is 13.0. The molecule has 35 heavy (non-hydrogen) atoms. The van der Waals surface area contributed by atoms with Crippen molar-refractivity contribution in [2.75, 3.05) is 31.2 Å². The number of ketones is 1. The van der Waals surface area contributed by atoms with E-state index in [0.29, 0.717) is 23.7 Å². The number of carbonyl (C=O) groups excluding carboxylic acids is 2. The van der Waals surface area contributed by atoms with Crippen molar-refractivity contribution in [2.24, 2.45) is 5.92 Å². The van der Waals surface area contributed by atoms with Gasteiger partial charge < -0.3 is 18.9 Å². The van der Waals surface area contributed by atoms with Crippen LogP contribution in [0.25, 0.3) is 0 Å². The molecule has 3 heterocycles. The summed E-state index contributed by atoms with van der Waals surface area (Å²) in [7, 11) is 0. The number of nitro benzene ring substituents is 1. The second kappa shape index (κ2) is 10.6. The van der Waals surface area contributed by atoms with Gasteiger partial charge in [0.1, 0.15) is 5.69 Å². The van der Waals surface area contributed by atoms with Gasteiger partial charge in [-0.05, 0) is 63.6 Å². The van der Waals surface area contributed by atoms with Gasteiger partial charge in [-0.15, -0.1) is 0 Å². The molecule has 2 aromatic rings. The summed E-state index contributed by atoms with van der Waals surface area (Å²) in [6.45, 7) is 8.50. The highest BCUT2D eigenvalue weighted by atomic mass is 16.6. The van der Waals surface area contributed by atoms with Crippen LogP contribution in [-0.4, -0.2) is 53.7 Å². The molecule has 2 aliphatic heterocycles. The number of ether oxygens (including phenoxy) is 2. The predicted molar refractivity (Wildman–Crippen MR) is 131 cm³/mol. The first-order valence-electron chi connectivity index (χ1n) is 12.3. The van der Waals surface area contributed by atoms with Gasteiger partial charge in [0, 0.05) is 49.3 Å². The summed E-state index contributed by atoms with van der Waals surface area (Å²) in [4.78, 5) is 38.7. The van der Waals surface area contributed by atoms with Crippen LogP contribution in [0.2, 0.25) is 0 Å². The first-order chi connectivity index (χ1) is 16.7. The van der Waals surface area contributed by atoms with Gasteiger partial charge in [-0.2, -0.15) is 0 Å². The minimum Gasteiger partial charge on any atom is -0.454 e. The van der Waals surface area contributed by atoms with Gasteiger partial charge in [0.2, 0.25) is 5.78 Å².